The maximum atomic E-state index is 11.2. The summed E-state index contributed by atoms with van der Waals surface area (Å²) in [5.74, 6) is -0.308. The molecule has 0 N–H and O–H groups in total. The summed E-state index contributed by atoms with van der Waals surface area (Å²) in [6.45, 7) is 13.7. The smallest absolute Gasteiger partial charge is 0.333 e. The van der Waals surface area contributed by atoms with Gasteiger partial charge in [-0.05, 0) is 47.1 Å². The highest BCUT2D eigenvalue weighted by Gasteiger charge is 2.13. The lowest BCUT2D eigenvalue weighted by molar-refractivity contribution is -0.169. The zero-order chi connectivity index (χ0) is 15.5. The second-order valence-electron chi connectivity index (χ2n) is 5.27. The first-order chi connectivity index (χ1) is 9.32. The Morgan fingerprint density at radius 1 is 1.15 bits per heavy atom. The summed E-state index contributed by atoms with van der Waals surface area (Å²) in [5.41, 5.74) is 0.447. The van der Waals surface area contributed by atoms with Crippen molar-refractivity contribution >= 4 is 15.5 Å². The van der Waals surface area contributed by atoms with Crippen molar-refractivity contribution in [1.29, 1.82) is 0 Å². The van der Waals surface area contributed by atoms with Crippen LogP contribution in [0.4, 0.5) is 0 Å². The van der Waals surface area contributed by atoms with Crippen molar-refractivity contribution in [2.75, 3.05) is 6.61 Å². The third kappa shape index (κ3) is 11.2. The van der Waals surface area contributed by atoms with Crippen molar-refractivity contribution in [3.8, 4) is 0 Å². The van der Waals surface area contributed by atoms with Crippen LogP contribution < -0.4 is 0 Å². The lowest BCUT2D eigenvalue weighted by atomic mass is 10.4. The quantitative estimate of drug-likeness (QED) is 0.193. The summed E-state index contributed by atoms with van der Waals surface area (Å²) in [7, 11) is 0.746. The van der Waals surface area contributed by atoms with Crippen LogP contribution in [0.1, 0.15) is 41.0 Å². The molecule has 0 aliphatic heterocycles. The molecule has 0 unspecified atom stereocenters. The predicted molar refractivity (Wildman–Crippen MR) is 82.0 cm³/mol. The number of rotatable bonds is 11. The number of hydrogen-bond donors (Lipinski definition) is 0. The Morgan fingerprint density at radius 3 is 2.15 bits per heavy atom. The van der Waals surface area contributed by atoms with Gasteiger partial charge in [-0.1, -0.05) is 12.6 Å². The van der Waals surface area contributed by atoms with Crippen LogP contribution in [0.15, 0.2) is 12.2 Å². The number of carbonyl (C=O) groups excluding carboxylic acids is 1. The molecule has 0 saturated carbocycles. The van der Waals surface area contributed by atoms with Gasteiger partial charge in [0.15, 0.2) is 6.29 Å². The largest absolute Gasteiger partial charge is 0.462 e. The summed E-state index contributed by atoms with van der Waals surface area (Å²) < 4.78 is 16.5. The maximum Gasteiger partial charge on any atom is 0.333 e. The molecule has 0 aromatic carbocycles. The molecular formula is C15H28O4Si. The maximum absolute atomic E-state index is 11.2. The van der Waals surface area contributed by atoms with Crippen LogP contribution in [0.25, 0.3) is 0 Å². The van der Waals surface area contributed by atoms with Gasteiger partial charge in [-0.3, -0.25) is 0 Å². The van der Waals surface area contributed by atoms with Crippen molar-refractivity contribution in [2.24, 2.45) is 0 Å². The van der Waals surface area contributed by atoms with E-state index in [2.05, 4.69) is 6.58 Å². The van der Waals surface area contributed by atoms with Crippen LogP contribution in [-0.4, -0.2) is 40.6 Å². The van der Waals surface area contributed by atoms with E-state index >= 15 is 0 Å². The molecule has 0 aromatic heterocycles. The average molecular weight is 300 g/mol. The van der Waals surface area contributed by atoms with E-state index in [9.17, 15) is 4.79 Å². The molecule has 0 aliphatic rings. The van der Waals surface area contributed by atoms with Gasteiger partial charge < -0.3 is 14.2 Å². The molecule has 0 rings (SSSR count). The van der Waals surface area contributed by atoms with Crippen molar-refractivity contribution in [1.82, 2.24) is 0 Å². The van der Waals surface area contributed by atoms with E-state index in [0.717, 1.165) is 28.0 Å². The Labute approximate surface area is 125 Å². The number of hydrogen-bond acceptors (Lipinski definition) is 4. The van der Waals surface area contributed by atoms with Gasteiger partial charge in [0, 0.05) is 15.1 Å². The van der Waals surface area contributed by atoms with E-state index in [0.29, 0.717) is 12.2 Å². The van der Waals surface area contributed by atoms with E-state index in [4.69, 9.17) is 14.2 Å². The fraction of sp³-hybridized carbons (Fsp3) is 0.800. The first-order valence-corrected chi connectivity index (χ1v) is 8.58. The zero-order valence-corrected chi connectivity index (χ0v) is 14.4. The van der Waals surface area contributed by atoms with E-state index in [1.165, 1.54) is 0 Å². The van der Waals surface area contributed by atoms with Gasteiger partial charge in [0.1, 0.15) is 0 Å². The lowest BCUT2D eigenvalue weighted by Crippen LogP contribution is -2.25. The van der Waals surface area contributed by atoms with E-state index < -0.39 is 0 Å². The minimum Gasteiger partial charge on any atom is -0.462 e. The molecule has 5 heteroatoms. The summed E-state index contributed by atoms with van der Waals surface area (Å²) >= 11 is 0. The first kappa shape index (κ1) is 19.3. The Hall–Kier alpha value is -0.653. The van der Waals surface area contributed by atoms with Gasteiger partial charge in [-0.2, -0.15) is 0 Å². The highest BCUT2D eigenvalue weighted by molar-refractivity contribution is 6.35. The molecule has 0 aromatic rings. The first-order valence-electron chi connectivity index (χ1n) is 7.17. The summed E-state index contributed by atoms with van der Waals surface area (Å²) in [4.78, 5) is 11.2. The molecule has 0 bridgehead atoms. The van der Waals surface area contributed by atoms with E-state index in [1.54, 1.807) is 6.92 Å². The third-order valence-electron chi connectivity index (χ3n) is 2.24. The standard InChI is InChI=1S/C15H28O4Si/c1-11(2)15(16)17-8-7-9-20-10-14(18-12(3)4)19-13(5)6/h12-14H,1,7-10H2,2-6H3. The van der Waals surface area contributed by atoms with Crippen LogP contribution in [-0.2, 0) is 19.0 Å². The van der Waals surface area contributed by atoms with Crippen LogP contribution >= 0.6 is 0 Å². The number of esters is 1. The van der Waals surface area contributed by atoms with Crippen molar-refractivity contribution in [2.45, 2.75) is 71.6 Å². The molecule has 0 saturated heterocycles. The summed E-state index contributed by atoms with van der Waals surface area (Å²) in [6.07, 6.45) is 1.07. The van der Waals surface area contributed by atoms with Gasteiger partial charge in [-0.25, -0.2) is 4.79 Å². The van der Waals surface area contributed by atoms with Gasteiger partial charge in [0.2, 0.25) is 0 Å². The SMILES string of the molecule is C=C(C)C(=O)OCCC[Si]CC(OC(C)C)OC(C)C. The topological polar surface area (TPSA) is 44.8 Å². The second-order valence-corrected chi connectivity index (χ2v) is 6.68. The molecule has 0 amide bonds. The number of ether oxygens (including phenoxy) is 3. The normalized spacial score (nSPS) is 11.4. The fourth-order valence-corrected chi connectivity index (χ4v) is 2.47. The van der Waals surface area contributed by atoms with Crippen molar-refractivity contribution < 1.29 is 19.0 Å². The Morgan fingerprint density at radius 2 is 1.70 bits per heavy atom. The Kier molecular flexibility index (Phi) is 10.7. The summed E-state index contributed by atoms with van der Waals surface area (Å²) in [5, 5.41) is 0. The average Bonchev–Trinajstić information content (AvgIpc) is 2.31. The Bertz CT molecular complexity index is 280. The number of carbonyl (C=O) groups is 1. The second kappa shape index (κ2) is 11.1. The minimum absolute atomic E-state index is 0.133. The molecule has 116 valence electrons. The van der Waals surface area contributed by atoms with Gasteiger partial charge >= 0.3 is 5.97 Å². The van der Waals surface area contributed by atoms with Crippen LogP contribution in [0.2, 0.25) is 12.1 Å². The molecule has 20 heavy (non-hydrogen) atoms. The predicted octanol–water partition coefficient (Wildman–Crippen LogP) is 3.21. The summed E-state index contributed by atoms with van der Waals surface area (Å²) in [6, 6.07) is 1.91. The minimum atomic E-state index is -0.308. The molecule has 4 nitrogen and oxygen atoms in total. The molecule has 0 spiro atoms. The third-order valence-corrected chi connectivity index (χ3v) is 3.57. The van der Waals surface area contributed by atoms with E-state index in [1.807, 2.05) is 27.7 Å². The fourth-order valence-electron chi connectivity index (χ4n) is 1.44. The Balaban J connectivity index is 3.72. The monoisotopic (exact) mass is 300 g/mol. The van der Waals surface area contributed by atoms with E-state index in [-0.39, 0.29) is 24.5 Å². The van der Waals surface area contributed by atoms with Gasteiger partial charge in [-0.15, -0.1) is 0 Å². The van der Waals surface area contributed by atoms with Crippen molar-refractivity contribution in [3.05, 3.63) is 12.2 Å². The molecule has 0 atom stereocenters. The highest BCUT2D eigenvalue weighted by Crippen LogP contribution is 2.09. The van der Waals surface area contributed by atoms with Crippen LogP contribution in [0, 0.1) is 0 Å². The van der Waals surface area contributed by atoms with Crippen molar-refractivity contribution in [3.63, 3.8) is 0 Å². The lowest BCUT2D eigenvalue weighted by Gasteiger charge is -2.22. The molecule has 0 fully saturated rings. The van der Waals surface area contributed by atoms with Crippen LogP contribution in [0.3, 0.4) is 0 Å². The highest BCUT2D eigenvalue weighted by atomic mass is 28.2. The molecule has 0 heterocycles. The van der Waals surface area contributed by atoms with Gasteiger partial charge in [0.05, 0.1) is 18.8 Å². The molecular weight excluding hydrogens is 272 g/mol. The molecule has 2 radical (unpaired) electrons. The van der Waals surface area contributed by atoms with Gasteiger partial charge in [0.25, 0.3) is 0 Å². The zero-order valence-electron chi connectivity index (χ0n) is 13.4. The van der Waals surface area contributed by atoms with Crippen LogP contribution in [0.5, 0.6) is 0 Å². The molecule has 0 aliphatic carbocycles.